The smallest absolute Gasteiger partial charge is 0.132 e. The number of aliphatic imine (C=N–C) groups is 1. The molecule has 0 bridgehead atoms. The quantitative estimate of drug-likeness (QED) is 0.854. The Morgan fingerprint density at radius 1 is 1.52 bits per heavy atom. The largest absolute Gasteiger partial charge is 0.504 e. The fourth-order valence-corrected chi connectivity index (χ4v) is 4.83. The molecule has 0 spiro atoms. The number of ether oxygens (including phenoxy) is 1. The molecule has 25 heavy (non-hydrogen) atoms. The molecule has 4 atom stereocenters. The number of piperidine rings is 2. The minimum atomic E-state index is -1.10. The predicted molar refractivity (Wildman–Crippen MR) is 100 cm³/mol. The minimum Gasteiger partial charge on any atom is -0.504 e. The molecule has 0 radical (unpaired) electrons. The molecule has 0 aliphatic carbocycles. The highest BCUT2D eigenvalue weighted by molar-refractivity contribution is 6.04. The molecule has 2 saturated heterocycles. The molecule has 1 aromatic rings. The Balaban J connectivity index is 1.76. The van der Waals surface area contributed by atoms with Gasteiger partial charge in [-0.3, -0.25) is 9.89 Å². The van der Waals surface area contributed by atoms with Gasteiger partial charge in [-0.2, -0.15) is 0 Å². The van der Waals surface area contributed by atoms with Crippen LogP contribution >= 0.6 is 0 Å². The number of rotatable bonds is 3. The van der Waals surface area contributed by atoms with Crippen LogP contribution in [0.1, 0.15) is 40.0 Å². The maximum atomic E-state index is 11.5. The predicted octanol–water partition coefficient (Wildman–Crippen LogP) is 3.63. The van der Waals surface area contributed by atoms with E-state index in [0.717, 1.165) is 30.8 Å². The molecule has 3 aliphatic heterocycles. The molecule has 4 heteroatoms. The zero-order valence-electron chi connectivity index (χ0n) is 16.3. The van der Waals surface area contributed by atoms with Crippen LogP contribution in [0, 0.1) is 11.8 Å². The number of hydrogen-bond donors (Lipinski definition) is 1. The minimum absolute atomic E-state index is 0.266. The lowest BCUT2D eigenvalue weighted by atomic mass is 9.70. The summed E-state index contributed by atoms with van der Waals surface area (Å²) >= 11 is 0. The summed E-state index contributed by atoms with van der Waals surface area (Å²) in [7, 11) is 1.67. The van der Waals surface area contributed by atoms with Crippen molar-refractivity contribution in [3.05, 3.63) is 41.7 Å². The lowest BCUT2D eigenvalue weighted by molar-refractivity contribution is 0.0187. The zero-order valence-corrected chi connectivity index (χ0v) is 15.3. The average molecular weight is 341 g/mol. The molecule has 0 unspecified atom stereocenters. The van der Waals surface area contributed by atoms with Crippen molar-refractivity contribution in [2.75, 3.05) is 20.2 Å². The molecular formula is C21H28N2O2. The van der Waals surface area contributed by atoms with E-state index in [0.29, 0.717) is 24.5 Å². The first kappa shape index (κ1) is 15.6. The topological polar surface area (TPSA) is 45.1 Å². The van der Waals surface area contributed by atoms with Crippen molar-refractivity contribution in [1.82, 2.24) is 4.90 Å². The van der Waals surface area contributed by atoms with E-state index in [4.69, 9.17) is 9.73 Å². The third-order valence-electron chi connectivity index (χ3n) is 6.22. The Bertz CT molecular complexity index is 777. The van der Waals surface area contributed by atoms with Gasteiger partial charge in [-0.25, -0.2) is 0 Å². The number of aliphatic hydroxyl groups is 1. The monoisotopic (exact) mass is 341 g/mol. The number of methoxy groups -OCH3 is 1. The second-order valence-electron chi connectivity index (χ2n) is 7.56. The highest BCUT2D eigenvalue weighted by Gasteiger charge is 2.52. The van der Waals surface area contributed by atoms with Gasteiger partial charge in [-0.1, -0.05) is 31.5 Å². The number of hydrogen-bond acceptors (Lipinski definition) is 4. The second kappa shape index (κ2) is 6.26. The molecule has 2 fully saturated rings. The fourth-order valence-electron chi connectivity index (χ4n) is 4.83. The van der Waals surface area contributed by atoms with Gasteiger partial charge in [0.15, 0.2) is 0 Å². The molecule has 0 saturated carbocycles. The summed E-state index contributed by atoms with van der Waals surface area (Å²) in [6.07, 6.45) is 4.14. The van der Waals surface area contributed by atoms with Gasteiger partial charge < -0.3 is 9.84 Å². The number of para-hydroxylation sites is 1. The molecule has 134 valence electrons. The lowest BCUT2D eigenvalue weighted by Crippen LogP contribution is -2.60. The Kier molecular flexibility index (Phi) is 3.90. The average Bonchev–Trinajstić information content (AvgIpc) is 2.95. The van der Waals surface area contributed by atoms with Crippen LogP contribution in [-0.2, 0) is 10.3 Å². The van der Waals surface area contributed by atoms with E-state index in [1.807, 2.05) is 30.5 Å². The van der Waals surface area contributed by atoms with Crippen molar-refractivity contribution < 1.29 is 11.2 Å². The summed E-state index contributed by atoms with van der Waals surface area (Å²) in [6.45, 7) is 5.91. The van der Waals surface area contributed by atoms with Gasteiger partial charge in [-0.15, -0.1) is 0 Å². The number of allylic oxidation sites excluding steroid dienone is 1. The van der Waals surface area contributed by atoms with Crippen molar-refractivity contribution in [2.45, 2.75) is 44.7 Å². The van der Waals surface area contributed by atoms with Crippen LogP contribution in [0.5, 0.6) is 0 Å². The van der Waals surface area contributed by atoms with Crippen LogP contribution in [0.3, 0.4) is 0 Å². The molecular weight excluding hydrogens is 312 g/mol. The van der Waals surface area contributed by atoms with Gasteiger partial charge in [0.1, 0.15) is 5.60 Å². The third kappa shape index (κ3) is 2.54. The first-order valence-electron chi connectivity index (χ1n) is 9.80. The molecule has 3 aliphatic rings. The van der Waals surface area contributed by atoms with E-state index in [-0.39, 0.29) is 5.92 Å². The highest BCUT2D eigenvalue weighted by Crippen LogP contribution is 2.48. The SMILES string of the molecule is [2H][C@@]12C[C@H](/C(C)=C\OC)[C@H](CC)CN1CC[C@@]1(O)C2=Nc2ccccc21. The summed E-state index contributed by atoms with van der Waals surface area (Å²) in [5.41, 5.74) is 2.37. The van der Waals surface area contributed by atoms with Crippen molar-refractivity contribution in [2.24, 2.45) is 16.8 Å². The van der Waals surface area contributed by atoms with E-state index in [1.54, 1.807) is 7.11 Å². The number of benzene rings is 1. The van der Waals surface area contributed by atoms with Crippen molar-refractivity contribution >= 4 is 11.4 Å². The van der Waals surface area contributed by atoms with Gasteiger partial charge in [0.05, 0.1) is 32.2 Å². The molecule has 0 amide bonds. The molecule has 0 aromatic heterocycles. The van der Waals surface area contributed by atoms with E-state index in [2.05, 4.69) is 18.7 Å². The van der Waals surface area contributed by atoms with Crippen molar-refractivity contribution in [3.63, 3.8) is 0 Å². The van der Waals surface area contributed by atoms with Gasteiger partial charge >= 0.3 is 0 Å². The molecule has 1 N–H and O–H groups in total. The van der Waals surface area contributed by atoms with Gasteiger partial charge in [-0.05, 0) is 43.2 Å². The molecule has 4 rings (SSSR count). The van der Waals surface area contributed by atoms with E-state index < -0.39 is 11.6 Å². The third-order valence-corrected chi connectivity index (χ3v) is 6.22. The van der Waals surface area contributed by atoms with Crippen LogP contribution < -0.4 is 0 Å². The second-order valence-corrected chi connectivity index (χ2v) is 7.56. The van der Waals surface area contributed by atoms with E-state index in [1.165, 1.54) is 5.57 Å². The molecule has 4 nitrogen and oxygen atoms in total. The Morgan fingerprint density at radius 2 is 2.32 bits per heavy atom. The van der Waals surface area contributed by atoms with Gasteiger partial charge in [0, 0.05) is 18.7 Å². The van der Waals surface area contributed by atoms with Crippen molar-refractivity contribution in [1.29, 1.82) is 0 Å². The summed E-state index contributed by atoms with van der Waals surface area (Å²) in [6, 6.07) is 6.82. The van der Waals surface area contributed by atoms with Crippen molar-refractivity contribution in [3.8, 4) is 0 Å². The first-order chi connectivity index (χ1) is 12.4. The van der Waals surface area contributed by atoms with Crippen LogP contribution in [0.15, 0.2) is 41.1 Å². The van der Waals surface area contributed by atoms with Gasteiger partial charge in [0.2, 0.25) is 0 Å². The Labute approximate surface area is 151 Å². The number of nitrogens with zero attached hydrogens (tertiary/aromatic N) is 2. The Hall–Kier alpha value is -1.65. The standard InChI is InChI=1S/C21H28N2O2/c1-4-15-12-23-10-9-21(24)17-7-5-6-8-18(17)22-20(21)19(23)11-16(15)14(2)13-25-3/h5-8,13,15-16,19,24H,4,9-12H2,1-3H3/b14-13-/t15-,16-,19+,21+/m1/s1/i19D. The lowest BCUT2D eigenvalue weighted by Gasteiger charge is -2.50. The summed E-state index contributed by atoms with van der Waals surface area (Å²) in [5.74, 6) is 0.762. The van der Waals surface area contributed by atoms with Gasteiger partial charge in [0.25, 0.3) is 0 Å². The number of fused-ring (bicyclic) bond motifs is 5. The summed E-state index contributed by atoms with van der Waals surface area (Å²) < 4.78 is 14.7. The maximum Gasteiger partial charge on any atom is 0.132 e. The first-order valence-corrected chi connectivity index (χ1v) is 9.30. The normalized spacial score (nSPS) is 38.3. The van der Waals surface area contributed by atoms with E-state index in [9.17, 15) is 6.48 Å². The van der Waals surface area contributed by atoms with Crippen LogP contribution in [0.25, 0.3) is 0 Å². The van der Waals surface area contributed by atoms with Crippen LogP contribution in [0.2, 0.25) is 0 Å². The fraction of sp³-hybridized carbons (Fsp3) is 0.571. The van der Waals surface area contributed by atoms with Crippen LogP contribution in [-0.4, -0.2) is 41.9 Å². The van der Waals surface area contributed by atoms with E-state index >= 15 is 0 Å². The highest BCUT2D eigenvalue weighted by atomic mass is 16.5. The molecule has 1 aromatic carbocycles. The zero-order chi connectivity index (χ0) is 18.5. The maximum absolute atomic E-state index is 11.5. The summed E-state index contributed by atoms with van der Waals surface area (Å²) in [5, 5.41) is 11.5. The van der Waals surface area contributed by atoms with Crippen LogP contribution in [0.4, 0.5) is 5.69 Å². The Morgan fingerprint density at radius 3 is 3.08 bits per heavy atom. The summed E-state index contributed by atoms with van der Waals surface area (Å²) in [4.78, 5) is 7.01. The molecule has 3 heterocycles.